The molecule has 0 aliphatic carbocycles. The van der Waals surface area contributed by atoms with Gasteiger partial charge in [-0.15, -0.1) is 0 Å². The second-order valence-electron chi connectivity index (χ2n) is 6.01. The van der Waals surface area contributed by atoms with E-state index < -0.39 is 5.97 Å². The van der Waals surface area contributed by atoms with Crippen molar-refractivity contribution in [2.45, 2.75) is 58.3 Å². The summed E-state index contributed by atoms with van der Waals surface area (Å²) in [7, 11) is 0. The number of aliphatic carboxylic acids is 1. The third-order valence-corrected chi connectivity index (χ3v) is 4.14. The molecule has 2 aromatic rings. The molecule has 0 atom stereocenters. The Hall–Kier alpha value is -2.10. The third-order valence-electron chi connectivity index (χ3n) is 4.14. The topological polar surface area (TPSA) is 70.2 Å². The van der Waals surface area contributed by atoms with Crippen LogP contribution in [0.4, 0.5) is 0 Å². The van der Waals surface area contributed by atoms with E-state index in [2.05, 4.69) is 11.9 Å². The summed E-state index contributed by atoms with van der Waals surface area (Å²) in [5.74, 6) is -0.800. The number of aromatic nitrogens is 1. The number of nitrogens with one attached hydrogen (secondary N) is 1. The lowest BCUT2D eigenvalue weighted by Crippen LogP contribution is -2.04. The number of carbonyl (C=O) groups excluding carboxylic acids is 1. The van der Waals surface area contributed by atoms with E-state index in [9.17, 15) is 9.59 Å². The average Bonchev–Trinajstić information content (AvgIpc) is 2.89. The van der Waals surface area contributed by atoms with Crippen LogP contribution in [0.15, 0.2) is 24.3 Å². The van der Waals surface area contributed by atoms with Crippen molar-refractivity contribution >= 4 is 22.7 Å². The number of hydrogen-bond donors (Lipinski definition) is 2. The molecule has 1 aromatic heterocycles. The van der Waals surface area contributed by atoms with Crippen LogP contribution in [0.5, 0.6) is 0 Å². The number of rotatable bonds is 10. The summed E-state index contributed by atoms with van der Waals surface area (Å²) in [5, 5.41) is 9.69. The lowest BCUT2D eigenvalue weighted by molar-refractivity contribution is -0.137. The zero-order valence-electron chi connectivity index (χ0n) is 13.7. The molecule has 2 N–H and O–H groups in total. The van der Waals surface area contributed by atoms with Crippen LogP contribution in [-0.4, -0.2) is 21.8 Å². The Morgan fingerprint density at radius 3 is 2.57 bits per heavy atom. The van der Waals surface area contributed by atoms with E-state index in [1.165, 1.54) is 19.3 Å². The number of aryl methyl sites for hydroxylation is 1. The van der Waals surface area contributed by atoms with Crippen molar-refractivity contribution in [1.29, 1.82) is 0 Å². The summed E-state index contributed by atoms with van der Waals surface area (Å²) in [6.07, 6.45) is 6.22. The number of unbranched alkanes of at least 4 members (excludes halogenated alkanes) is 3. The van der Waals surface area contributed by atoms with E-state index >= 15 is 0 Å². The Morgan fingerprint density at radius 1 is 1.04 bits per heavy atom. The molecule has 0 saturated carbocycles. The Bertz CT molecular complexity index is 672. The van der Waals surface area contributed by atoms with Crippen LogP contribution >= 0.6 is 0 Å². The van der Waals surface area contributed by atoms with Gasteiger partial charge in [0.15, 0.2) is 5.78 Å². The summed E-state index contributed by atoms with van der Waals surface area (Å²) in [5.41, 5.74) is 2.75. The summed E-state index contributed by atoms with van der Waals surface area (Å²) in [4.78, 5) is 26.6. The fourth-order valence-corrected chi connectivity index (χ4v) is 2.96. The molecule has 4 nitrogen and oxygen atoms in total. The molecule has 0 radical (unpaired) electrons. The first-order chi connectivity index (χ1) is 11.1. The van der Waals surface area contributed by atoms with E-state index in [0.717, 1.165) is 35.0 Å². The summed E-state index contributed by atoms with van der Waals surface area (Å²) in [6.45, 7) is 2.18. The number of carbonyl (C=O) groups is 2. The maximum absolute atomic E-state index is 12.6. The van der Waals surface area contributed by atoms with Gasteiger partial charge in [-0.05, 0) is 25.3 Å². The van der Waals surface area contributed by atoms with Crippen LogP contribution in [0.3, 0.4) is 0 Å². The number of Topliss-reactive ketones (excluding diaryl/α,β-unsaturated/α-hetero) is 1. The summed E-state index contributed by atoms with van der Waals surface area (Å²) >= 11 is 0. The zero-order valence-corrected chi connectivity index (χ0v) is 13.7. The minimum absolute atomic E-state index is 0.0416. The van der Waals surface area contributed by atoms with E-state index in [1.807, 2.05) is 24.3 Å². The molecule has 4 heteroatoms. The SMILES string of the molecule is CCCCCCc1[nH]c2ccccc2c1C(=O)CCCC(=O)O. The quantitative estimate of drug-likeness (QED) is 0.492. The van der Waals surface area contributed by atoms with Crippen molar-refractivity contribution in [2.24, 2.45) is 0 Å². The highest BCUT2D eigenvalue weighted by molar-refractivity contribution is 6.09. The molecule has 0 aliphatic heterocycles. The fraction of sp³-hybridized carbons (Fsp3) is 0.474. The Labute approximate surface area is 136 Å². The largest absolute Gasteiger partial charge is 0.481 e. The predicted octanol–water partition coefficient (Wildman–Crippen LogP) is 4.73. The smallest absolute Gasteiger partial charge is 0.303 e. The van der Waals surface area contributed by atoms with E-state index in [1.54, 1.807) is 0 Å². The molecular weight excluding hydrogens is 290 g/mol. The van der Waals surface area contributed by atoms with Crippen molar-refractivity contribution in [2.75, 3.05) is 0 Å². The number of carboxylic acid groups (broad SMARTS) is 1. The van der Waals surface area contributed by atoms with Gasteiger partial charge in [0.05, 0.1) is 0 Å². The van der Waals surface area contributed by atoms with Crippen LogP contribution in [0.1, 0.15) is 67.9 Å². The molecule has 0 spiro atoms. The molecule has 1 aromatic carbocycles. The number of para-hydroxylation sites is 1. The van der Waals surface area contributed by atoms with Crippen molar-refractivity contribution < 1.29 is 14.7 Å². The Morgan fingerprint density at radius 2 is 1.83 bits per heavy atom. The number of benzene rings is 1. The minimum atomic E-state index is -0.850. The number of fused-ring (bicyclic) bond motifs is 1. The molecule has 0 saturated heterocycles. The highest BCUT2D eigenvalue weighted by Gasteiger charge is 2.17. The van der Waals surface area contributed by atoms with Crippen molar-refractivity contribution in [3.63, 3.8) is 0 Å². The lowest BCUT2D eigenvalue weighted by Gasteiger charge is -2.04. The van der Waals surface area contributed by atoms with Crippen molar-refractivity contribution in [3.8, 4) is 0 Å². The van der Waals surface area contributed by atoms with Gasteiger partial charge in [-0.3, -0.25) is 9.59 Å². The maximum atomic E-state index is 12.6. The van der Waals surface area contributed by atoms with Gasteiger partial charge in [0.1, 0.15) is 0 Å². The van der Waals surface area contributed by atoms with Gasteiger partial charge in [0, 0.05) is 35.0 Å². The van der Waals surface area contributed by atoms with Gasteiger partial charge < -0.3 is 10.1 Å². The number of hydrogen-bond acceptors (Lipinski definition) is 2. The van der Waals surface area contributed by atoms with Crippen molar-refractivity contribution in [3.05, 3.63) is 35.5 Å². The van der Waals surface area contributed by atoms with Gasteiger partial charge in [0.25, 0.3) is 0 Å². The van der Waals surface area contributed by atoms with Crippen molar-refractivity contribution in [1.82, 2.24) is 4.98 Å². The highest BCUT2D eigenvalue weighted by Crippen LogP contribution is 2.26. The summed E-state index contributed by atoms with van der Waals surface area (Å²) in [6, 6.07) is 7.84. The third kappa shape index (κ3) is 4.68. The second kappa shape index (κ2) is 8.51. The average molecular weight is 315 g/mol. The standard InChI is InChI=1S/C19H25NO3/c1-2-3-4-5-11-16-19(17(21)12-8-13-18(22)23)14-9-6-7-10-15(14)20-16/h6-7,9-10,20H,2-5,8,11-13H2,1H3,(H,22,23). The predicted molar refractivity (Wildman–Crippen MR) is 92.0 cm³/mol. The first-order valence-corrected chi connectivity index (χ1v) is 8.48. The second-order valence-corrected chi connectivity index (χ2v) is 6.01. The lowest BCUT2D eigenvalue weighted by atomic mass is 9.99. The van der Waals surface area contributed by atoms with Crippen LogP contribution in [-0.2, 0) is 11.2 Å². The number of ketones is 1. The Balaban J connectivity index is 2.16. The zero-order chi connectivity index (χ0) is 16.7. The van der Waals surface area contributed by atoms with Gasteiger partial charge in [0.2, 0.25) is 0 Å². The molecule has 2 rings (SSSR count). The molecular formula is C19H25NO3. The fourth-order valence-electron chi connectivity index (χ4n) is 2.96. The van der Waals surface area contributed by atoms with Gasteiger partial charge in [-0.2, -0.15) is 0 Å². The Kier molecular flexibility index (Phi) is 6.39. The van der Waals surface area contributed by atoms with Crippen LogP contribution in [0.2, 0.25) is 0 Å². The highest BCUT2D eigenvalue weighted by atomic mass is 16.4. The van der Waals surface area contributed by atoms with Crippen LogP contribution < -0.4 is 0 Å². The normalized spacial score (nSPS) is 11.0. The molecule has 0 amide bonds. The first-order valence-electron chi connectivity index (χ1n) is 8.48. The maximum Gasteiger partial charge on any atom is 0.303 e. The van der Waals surface area contributed by atoms with Gasteiger partial charge in [-0.1, -0.05) is 44.4 Å². The molecule has 23 heavy (non-hydrogen) atoms. The van der Waals surface area contributed by atoms with Crippen LogP contribution in [0.25, 0.3) is 10.9 Å². The van der Waals surface area contributed by atoms with E-state index in [-0.39, 0.29) is 18.6 Å². The number of carboxylic acids is 1. The van der Waals surface area contributed by atoms with Gasteiger partial charge in [-0.25, -0.2) is 0 Å². The molecule has 1 heterocycles. The molecule has 0 fully saturated rings. The molecule has 124 valence electrons. The number of H-pyrrole nitrogens is 1. The van der Waals surface area contributed by atoms with Crippen LogP contribution in [0, 0.1) is 0 Å². The molecule has 0 unspecified atom stereocenters. The first kappa shape index (κ1) is 17.3. The van der Waals surface area contributed by atoms with E-state index in [4.69, 9.17) is 5.11 Å². The minimum Gasteiger partial charge on any atom is -0.481 e. The van der Waals surface area contributed by atoms with E-state index in [0.29, 0.717) is 6.42 Å². The number of aromatic amines is 1. The molecule has 0 bridgehead atoms. The monoisotopic (exact) mass is 315 g/mol. The summed E-state index contributed by atoms with van der Waals surface area (Å²) < 4.78 is 0. The molecule has 0 aliphatic rings. The van der Waals surface area contributed by atoms with Gasteiger partial charge >= 0.3 is 5.97 Å².